The van der Waals surface area contributed by atoms with Gasteiger partial charge in [-0.05, 0) is 43.3 Å². The number of carbonyl (C=O) groups excluding carboxylic acids is 3. The summed E-state index contributed by atoms with van der Waals surface area (Å²) in [4.78, 5) is 37.0. The Balaban J connectivity index is 1.44. The molecule has 1 N–H and O–H groups in total. The molecular formula is C22H21N5O6S. The third-order valence-corrected chi connectivity index (χ3v) is 7.09. The summed E-state index contributed by atoms with van der Waals surface area (Å²) in [5, 5.41) is 9.85. The van der Waals surface area contributed by atoms with E-state index in [-0.39, 0.29) is 60.1 Å². The second-order valence-electron chi connectivity index (χ2n) is 7.36. The van der Waals surface area contributed by atoms with Crippen LogP contribution in [-0.2, 0) is 26.2 Å². The largest absolute Gasteiger partial charge is 0.406 e. The number of sulfonamides is 1. The van der Waals surface area contributed by atoms with Crippen LogP contribution >= 0.6 is 0 Å². The minimum Gasteiger partial charge on any atom is -0.406 e. The normalized spacial score (nSPS) is 13.9. The maximum atomic E-state index is 13.1. The summed E-state index contributed by atoms with van der Waals surface area (Å²) in [5.41, 5.74) is 0.711. The third-order valence-electron chi connectivity index (χ3n) is 5.17. The van der Waals surface area contributed by atoms with Crippen molar-refractivity contribution in [2.24, 2.45) is 0 Å². The van der Waals surface area contributed by atoms with E-state index < -0.39 is 15.9 Å². The number of para-hydroxylation sites is 1. The molecular weight excluding hydrogens is 462 g/mol. The number of nitrogens with one attached hydrogen (secondary N) is 1. The summed E-state index contributed by atoms with van der Waals surface area (Å²) in [6.45, 7) is 1.81. The van der Waals surface area contributed by atoms with Crippen molar-refractivity contribution in [3.8, 4) is 0 Å². The standard InChI is InChI=1S/C22H21N5O6S/c1-2-27(16-6-4-3-5-7-16)34(31,32)17-10-8-15(9-11-17)21(30)23-22-25-24-18(33-22)14-26-19(28)12-13-20(26)29/h3-11H,2,12-14H2,1H3,(H,23,25,30). The first-order valence-corrected chi connectivity index (χ1v) is 11.9. The summed E-state index contributed by atoms with van der Waals surface area (Å²) in [5.74, 6) is -1.24. The molecule has 0 saturated carbocycles. The van der Waals surface area contributed by atoms with E-state index in [9.17, 15) is 22.8 Å². The van der Waals surface area contributed by atoms with E-state index in [0.717, 1.165) is 4.90 Å². The number of benzene rings is 2. The summed E-state index contributed by atoms with van der Waals surface area (Å²) in [6, 6.07) is 14.0. The van der Waals surface area contributed by atoms with Gasteiger partial charge < -0.3 is 4.42 Å². The minimum absolute atomic E-state index is 0.000843. The highest BCUT2D eigenvalue weighted by Crippen LogP contribution is 2.24. The van der Waals surface area contributed by atoms with Crippen LogP contribution in [0.5, 0.6) is 0 Å². The van der Waals surface area contributed by atoms with E-state index in [4.69, 9.17) is 4.42 Å². The molecule has 0 unspecified atom stereocenters. The maximum Gasteiger partial charge on any atom is 0.322 e. The van der Waals surface area contributed by atoms with Gasteiger partial charge in [0.2, 0.25) is 17.7 Å². The molecule has 12 heteroatoms. The Morgan fingerprint density at radius 1 is 1.03 bits per heavy atom. The van der Waals surface area contributed by atoms with E-state index in [0.29, 0.717) is 5.69 Å². The van der Waals surface area contributed by atoms with E-state index in [1.165, 1.54) is 28.6 Å². The second-order valence-corrected chi connectivity index (χ2v) is 9.22. The third kappa shape index (κ3) is 4.66. The van der Waals surface area contributed by atoms with Crippen LogP contribution in [-0.4, -0.2) is 47.8 Å². The average Bonchev–Trinajstić information content (AvgIpc) is 3.41. The van der Waals surface area contributed by atoms with E-state index in [2.05, 4.69) is 15.5 Å². The summed E-state index contributed by atoms with van der Waals surface area (Å²) >= 11 is 0. The topological polar surface area (TPSA) is 143 Å². The smallest absolute Gasteiger partial charge is 0.322 e. The molecule has 1 saturated heterocycles. The van der Waals surface area contributed by atoms with Crippen LogP contribution in [0.3, 0.4) is 0 Å². The number of aromatic nitrogens is 2. The van der Waals surface area contributed by atoms with Crippen molar-refractivity contribution in [1.29, 1.82) is 0 Å². The maximum absolute atomic E-state index is 13.1. The van der Waals surface area contributed by atoms with Gasteiger partial charge in [0.05, 0.1) is 10.6 Å². The summed E-state index contributed by atoms with van der Waals surface area (Å²) < 4.78 is 32.7. The van der Waals surface area contributed by atoms with E-state index in [1.807, 2.05) is 0 Å². The van der Waals surface area contributed by atoms with Gasteiger partial charge in [-0.25, -0.2) is 8.42 Å². The van der Waals surface area contributed by atoms with Crippen molar-refractivity contribution in [2.45, 2.75) is 31.2 Å². The molecule has 2 heterocycles. The Morgan fingerprint density at radius 3 is 2.29 bits per heavy atom. The zero-order valence-electron chi connectivity index (χ0n) is 18.2. The van der Waals surface area contributed by atoms with E-state index in [1.54, 1.807) is 37.3 Å². The first kappa shape index (κ1) is 23.1. The van der Waals surface area contributed by atoms with Crippen molar-refractivity contribution in [3.63, 3.8) is 0 Å². The van der Waals surface area contributed by atoms with Crippen molar-refractivity contribution in [1.82, 2.24) is 15.1 Å². The van der Waals surface area contributed by atoms with Gasteiger partial charge in [-0.1, -0.05) is 23.3 Å². The van der Waals surface area contributed by atoms with Gasteiger partial charge in [-0.3, -0.25) is 28.9 Å². The molecule has 0 bridgehead atoms. The Labute approximate surface area is 195 Å². The van der Waals surface area contributed by atoms with Crippen LogP contribution in [0.15, 0.2) is 63.9 Å². The Bertz CT molecular complexity index is 1310. The predicted molar refractivity (Wildman–Crippen MR) is 120 cm³/mol. The SMILES string of the molecule is CCN(c1ccccc1)S(=O)(=O)c1ccc(C(=O)Nc2nnc(CN3C(=O)CCC3=O)o2)cc1. The quantitative estimate of drug-likeness (QED) is 0.480. The predicted octanol–water partition coefficient (Wildman–Crippen LogP) is 2.19. The summed E-state index contributed by atoms with van der Waals surface area (Å²) in [7, 11) is -3.82. The highest BCUT2D eigenvalue weighted by molar-refractivity contribution is 7.92. The van der Waals surface area contributed by atoms with Crippen LogP contribution < -0.4 is 9.62 Å². The molecule has 1 fully saturated rings. The number of anilines is 2. The molecule has 11 nitrogen and oxygen atoms in total. The number of rotatable bonds is 8. The highest BCUT2D eigenvalue weighted by Gasteiger charge is 2.30. The number of carbonyl (C=O) groups is 3. The molecule has 176 valence electrons. The molecule has 0 radical (unpaired) electrons. The van der Waals surface area contributed by atoms with Gasteiger partial charge in [0, 0.05) is 24.9 Å². The highest BCUT2D eigenvalue weighted by atomic mass is 32.2. The Hall–Kier alpha value is -4.06. The van der Waals surface area contributed by atoms with Crippen LogP contribution in [0, 0.1) is 0 Å². The van der Waals surface area contributed by atoms with Crippen molar-refractivity contribution >= 4 is 39.4 Å². The zero-order valence-corrected chi connectivity index (χ0v) is 19.0. The van der Waals surface area contributed by atoms with Gasteiger partial charge in [-0.2, -0.15) is 0 Å². The molecule has 0 spiro atoms. The first-order valence-electron chi connectivity index (χ1n) is 10.4. The molecule has 3 amide bonds. The number of nitrogens with zero attached hydrogens (tertiary/aromatic N) is 4. The Morgan fingerprint density at radius 2 is 1.68 bits per heavy atom. The first-order chi connectivity index (χ1) is 16.3. The lowest BCUT2D eigenvalue weighted by atomic mass is 10.2. The summed E-state index contributed by atoms with van der Waals surface area (Å²) in [6.07, 6.45) is 0.285. The van der Waals surface area contributed by atoms with Gasteiger partial charge in [0.25, 0.3) is 15.9 Å². The molecule has 2 aromatic carbocycles. The molecule has 1 aromatic heterocycles. The number of amides is 3. The molecule has 4 rings (SSSR count). The molecule has 0 aliphatic carbocycles. The van der Waals surface area contributed by atoms with Crippen molar-refractivity contribution in [3.05, 3.63) is 66.1 Å². The van der Waals surface area contributed by atoms with E-state index >= 15 is 0 Å². The van der Waals surface area contributed by atoms with Gasteiger partial charge in [-0.15, -0.1) is 5.10 Å². The van der Waals surface area contributed by atoms with Crippen LogP contribution in [0.2, 0.25) is 0 Å². The van der Waals surface area contributed by atoms with Gasteiger partial charge in [0.15, 0.2) is 0 Å². The molecule has 1 aliphatic heterocycles. The number of hydrogen-bond donors (Lipinski definition) is 1. The van der Waals surface area contributed by atoms with Gasteiger partial charge >= 0.3 is 6.01 Å². The lowest BCUT2D eigenvalue weighted by molar-refractivity contribution is -0.139. The zero-order chi connectivity index (χ0) is 24.3. The number of hydrogen-bond acceptors (Lipinski definition) is 8. The second kappa shape index (κ2) is 9.43. The lowest BCUT2D eigenvalue weighted by Crippen LogP contribution is -2.30. The lowest BCUT2D eigenvalue weighted by Gasteiger charge is -2.22. The monoisotopic (exact) mass is 483 g/mol. The number of imide groups is 1. The molecule has 0 atom stereocenters. The fourth-order valence-electron chi connectivity index (χ4n) is 3.46. The van der Waals surface area contributed by atoms with Crippen molar-refractivity contribution < 1.29 is 27.2 Å². The number of likely N-dealkylation sites (tertiary alicyclic amines) is 1. The van der Waals surface area contributed by atoms with Crippen LogP contribution in [0.4, 0.5) is 11.7 Å². The minimum atomic E-state index is -3.82. The van der Waals surface area contributed by atoms with Crippen LogP contribution in [0.1, 0.15) is 36.0 Å². The average molecular weight is 484 g/mol. The van der Waals surface area contributed by atoms with Crippen LogP contribution in [0.25, 0.3) is 0 Å². The molecule has 3 aromatic rings. The molecule has 1 aliphatic rings. The fourth-order valence-corrected chi connectivity index (χ4v) is 4.94. The Kier molecular flexibility index (Phi) is 6.41. The molecule has 34 heavy (non-hydrogen) atoms. The van der Waals surface area contributed by atoms with Gasteiger partial charge in [0.1, 0.15) is 6.54 Å². The fraction of sp³-hybridized carbons (Fsp3) is 0.227. The van der Waals surface area contributed by atoms with Crippen molar-refractivity contribution in [2.75, 3.05) is 16.2 Å².